The first-order valence-electron chi connectivity index (χ1n) is 8.65. The summed E-state index contributed by atoms with van der Waals surface area (Å²) in [7, 11) is 0. The maximum absolute atomic E-state index is 13.0. The molecule has 3 N–H and O–H groups in total. The van der Waals surface area contributed by atoms with Crippen LogP contribution in [0.5, 0.6) is 0 Å². The molecule has 0 atom stereocenters. The third-order valence-corrected chi connectivity index (χ3v) is 4.75. The molecule has 2 aromatic rings. The van der Waals surface area contributed by atoms with Crippen molar-refractivity contribution in [3.8, 4) is 0 Å². The van der Waals surface area contributed by atoms with E-state index in [2.05, 4.69) is 10.2 Å². The zero-order valence-electron chi connectivity index (χ0n) is 14.5. The Balaban J connectivity index is 1.51. The Morgan fingerprint density at radius 1 is 1.20 bits per heavy atom. The van der Waals surface area contributed by atoms with Gasteiger partial charge in [0.1, 0.15) is 5.82 Å². The van der Waals surface area contributed by atoms with Crippen LogP contribution in [0.4, 0.5) is 10.1 Å². The van der Waals surface area contributed by atoms with E-state index in [1.165, 1.54) is 12.1 Å². The van der Waals surface area contributed by atoms with Gasteiger partial charge in [-0.25, -0.2) is 4.39 Å². The van der Waals surface area contributed by atoms with Crippen LogP contribution in [0.1, 0.15) is 34.3 Å². The molecule has 1 fully saturated rings. The SMILES string of the molecule is Cc1ccc(N)cc1C(=O)NC1CCN(Cc2ccc(F)cc2)CC1. The van der Waals surface area contributed by atoms with Crippen molar-refractivity contribution >= 4 is 11.6 Å². The fourth-order valence-corrected chi connectivity index (χ4v) is 3.23. The van der Waals surface area contributed by atoms with Crippen molar-refractivity contribution in [3.63, 3.8) is 0 Å². The molecular formula is C20H24FN3O. The van der Waals surface area contributed by atoms with Gasteiger partial charge in [-0.3, -0.25) is 9.69 Å². The Labute approximate surface area is 147 Å². The molecule has 0 radical (unpaired) electrons. The summed E-state index contributed by atoms with van der Waals surface area (Å²) in [5.41, 5.74) is 9.08. The lowest BCUT2D eigenvalue weighted by Gasteiger charge is -2.32. The summed E-state index contributed by atoms with van der Waals surface area (Å²) in [6, 6.07) is 12.2. The number of benzene rings is 2. The average Bonchev–Trinajstić information content (AvgIpc) is 2.60. The number of nitrogens with two attached hydrogens (primary N) is 1. The molecule has 0 aliphatic carbocycles. The standard InChI is InChI=1S/C20H24FN3O/c1-14-2-7-17(22)12-19(14)20(25)23-18-8-10-24(11-9-18)13-15-3-5-16(21)6-4-15/h2-7,12,18H,8-11,13,22H2,1H3,(H,23,25). The maximum atomic E-state index is 13.0. The monoisotopic (exact) mass is 341 g/mol. The Bertz CT molecular complexity index is 737. The molecule has 3 rings (SSSR count). The summed E-state index contributed by atoms with van der Waals surface area (Å²) >= 11 is 0. The predicted molar refractivity (Wildman–Crippen MR) is 97.8 cm³/mol. The summed E-state index contributed by atoms with van der Waals surface area (Å²) in [4.78, 5) is 14.8. The largest absolute Gasteiger partial charge is 0.399 e. The van der Waals surface area contributed by atoms with Crippen LogP contribution in [0.25, 0.3) is 0 Å². The van der Waals surface area contributed by atoms with Crippen LogP contribution in [0.2, 0.25) is 0 Å². The molecule has 1 amide bonds. The molecule has 1 saturated heterocycles. The van der Waals surface area contributed by atoms with Gasteiger partial charge in [-0.2, -0.15) is 0 Å². The molecule has 1 aliphatic heterocycles. The third-order valence-electron chi connectivity index (χ3n) is 4.75. The van der Waals surface area contributed by atoms with Gasteiger partial charge in [-0.15, -0.1) is 0 Å². The van der Waals surface area contributed by atoms with Crippen molar-refractivity contribution in [1.29, 1.82) is 0 Å². The van der Waals surface area contributed by atoms with Crippen LogP contribution in [-0.2, 0) is 6.54 Å². The lowest BCUT2D eigenvalue weighted by molar-refractivity contribution is 0.0908. The number of aryl methyl sites for hydroxylation is 1. The van der Waals surface area contributed by atoms with Crippen LogP contribution in [0, 0.1) is 12.7 Å². The number of hydrogen-bond acceptors (Lipinski definition) is 3. The molecule has 25 heavy (non-hydrogen) atoms. The van der Waals surface area contributed by atoms with Crippen molar-refractivity contribution in [2.75, 3.05) is 18.8 Å². The van der Waals surface area contributed by atoms with E-state index in [0.29, 0.717) is 11.3 Å². The Morgan fingerprint density at radius 2 is 1.88 bits per heavy atom. The number of rotatable bonds is 4. The number of piperidine rings is 1. The van der Waals surface area contributed by atoms with Crippen LogP contribution in [-0.4, -0.2) is 29.9 Å². The minimum atomic E-state index is -0.206. The number of nitrogens with one attached hydrogen (secondary N) is 1. The van der Waals surface area contributed by atoms with Gasteiger partial charge < -0.3 is 11.1 Å². The first-order valence-corrected chi connectivity index (χ1v) is 8.65. The van der Waals surface area contributed by atoms with Crippen LogP contribution < -0.4 is 11.1 Å². The molecule has 132 valence electrons. The third kappa shape index (κ3) is 4.57. The highest BCUT2D eigenvalue weighted by atomic mass is 19.1. The maximum Gasteiger partial charge on any atom is 0.251 e. The van der Waals surface area contributed by atoms with Gasteiger partial charge in [0.2, 0.25) is 0 Å². The van der Waals surface area contributed by atoms with Gasteiger partial charge >= 0.3 is 0 Å². The quantitative estimate of drug-likeness (QED) is 0.840. The van der Waals surface area contributed by atoms with Crippen molar-refractivity contribution in [2.45, 2.75) is 32.4 Å². The Hall–Kier alpha value is -2.40. The molecule has 0 bridgehead atoms. The van der Waals surface area contributed by atoms with Gasteiger partial charge in [-0.1, -0.05) is 18.2 Å². The number of carbonyl (C=O) groups excluding carboxylic acids is 1. The van der Waals surface area contributed by atoms with Gasteiger partial charge in [0.15, 0.2) is 0 Å². The summed E-state index contributed by atoms with van der Waals surface area (Å²) in [5.74, 6) is -0.260. The van der Waals surface area contributed by atoms with E-state index < -0.39 is 0 Å². The smallest absolute Gasteiger partial charge is 0.251 e. The molecular weight excluding hydrogens is 317 g/mol. The molecule has 0 saturated carbocycles. The molecule has 0 aromatic heterocycles. The summed E-state index contributed by atoms with van der Waals surface area (Å²) < 4.78 is 13.0. The van der Waals surface area contributed by atoms with E-state index in [-0.39, 0.29) is 17.8 Å². The molecule has 0 spiro atoms. The van der Waals surface area contributed by atoms with Gasteiger partial charge in [0.05, 0.1) is 0 Å². The Kier molecular flexibility index (Phi) is 5.34. The number of anilines is 1. The number of nitrogens with zero attached hydrogens (tertiary/aromatic N) is 1. The number of carbonyl (C=O) groups is 1. The topological polar surface area (TPSA) is 58.4 Å². The molecule has 0 unspecified atom stereocenters. The highest BCUT2D eigenvalue weighted by molar-refractivity contribution is 5.96. The highest BCUT2D eigenvalue weighted by Gasteiger charge is 2.21. The summed E-state index contributed by atoms with van der Waals surface area (Å²) in [5, 5.41) is 3.12. The van der Waals surface area contributed by atoms with E-state index >= 15 is 0 Å². The van der Waals surface area contributed by atoms with E-state index in [0.717, 1.165) is 43.6 Å². The van der Waals surface area contributed by atoms with Crippen LogP contribution >= 0.6 is 0 Å². The summed E-state index contributed by atoms with van der Waals surface area (Å²) in [6.45, 7) is 4.56. The van der Waals surface area contributed by atoms with E-state index in [9.17, 15) is 9.18 Å². The molecule has 1 aliphatic rings. The number of likely N-dealkylation sites (tertiary alicyclic amines) is 1. The zero-order chi connectivity index (χ0) is 17.8. The van der Waals surface area contributed by atoms with Gasteiger partial charge in [0, 0.05) is 36.9 Å². The molecule has 5 heteroatoms. The fraction of sp³-hybridized carbons (Fsp3) is 0.350. The molecule has 2 aromatic carbocycles. The van der Waals surface area contributed by atoms with Crippen molar-refractivity contribution < 1.29 is 9.18 Å². The first kappa shape index (κ1) is 17.4. The lowest BCUT2D eigenvalue weighted by atomic mass is 10.0. The molecule has 1 heterocycles. The van der Waals surface area contributed by atoms with Crippen molar-refractivity contribution in [1.82, 2.24) is 10.2 Å². The lowest BCUT2D eigenvalue weighted by Crippen LogP contribution is -2.44. The average molecular weight is 341 g/mol. The second-order valence-corrected chi connectivity index (χ2v) is 6.72. The second kappa shape index (κ2) is 7.66. The number of halogens is 1. The highest BCUT2D eigenvalue weighted by Crippen LogP contribution is 2.17. The second-order valence-electron chi connectivity index (χ2n) is 6.72. The van der Waals surface area contributed by atoms with Crippen LogP contribution in [0.15, 0.2) is 42.5 Å². The minimum absolute atomic E-state index is 0.0539. The summed E-state index contributed by atoms with van der Waals surface area (Å²) in [6.07, 6.45) is 1.82. The number of amides is 1. The zero-order valence-corrected chi connectivity index (χ0v) is 14.5. The van der Waals surface area contributed by atoms with E-state index in [4.69, 9.17) is 5.73 Å². The van der Waals surface area contributed by atoms with Crippen molar-refractivity contribution in [2.24, 2.45) is 0 Å². The molecule has 4 nitrogen and oxygen atoms in total. The normalized spacial score (nSPS) is 15.9. The van der Waals surface area contributed by atoms with Gasteiger partial charge in [0.25, 0.3) is 5.91 Å². The van der Waals surface area contributed by atoms with Crippen molar-refractivity contribution in [3.05, 3.63) is 65.0 Å². The van der Waals surface area contributed by atoms with Gasteiger partial charge in [-0.05, 0) is 55.2 Å². The first-order chi connectivity index (χ1) is 12.0. The number of hydrogen-bond donors (Lipinski definition) is 2. The predicted octanol–water partition coefficient (Wildman–Crippen LogP) is 3.11. The number of nitrogen functional groups attached to an aromatic ring is 1. The van der Waals surface area contributed by atoms with Crippen LogP contribution in [0.3, 0.4) is 0 Å². The minimum Gasteiger partial charge on any atom is -0.399 e. The Morgan fingerprint density at radius 3 is 2.56 bits per heavy atom. The van der Waals surface area contributed by atoms with E-state index in [1.807, 2.05) is 25.1 Å². The fourth-order valence-electron chi connectivity index (χ4n) is 3.23. The van der Waals surface area contributed by atoms with E-state index in [1.54, 1.807) is 12.1 Å².